The first kappa shape index (κ1) is 22.0. The summed E-state index contributed by atoms with van der Waals surface area (Å²) in [5, 5.41) is 0. The van der Waals surface area contributed by atoms with Crippen molar-refractivity contribution in [3.63, 3.8) is 0 Å². The van der Waals surface area contributed by atoms with Gasteiger partial charge in [-0.3, -0.25) is 0 Å². The van der Waals surface area contributed by atoms with Crippen LogP contribution in [0.2, 0.25) is 0 Å². The van der Waals surface area contributed by atoms with E-state index in [1.165, 1.54) is 57.8 Å². The lowest BCUT2D eigenvalue weighted by Crippen LogP contribution is -2.45. The molecule has 0 aliphatic carbocycles. The van der Waals surface area contributed by atoms with Crippen molar-refractivity contribution in [2.24, 2.45) is 29.1 Å². The van der Waals surface area contributed by atoms with Crippen LogP contribution in [0.1, 0.15) is 113 Å². The lowest BCUT2D eigenvalue weighted by molar-refractivity contribution is -0.0288. The molecule has 0 nitrogen and oxygen atoms in total. The Morgan fingerprint density at radius 3 is 1.41 bits per heavy atom. The molecule has 1 atom stereocenters. The maximum absolute atomic E-state index is 2.48. The van der Waals surface area contributed by atoms with Crippen molar-refractivity contribution >= 4 is 0 Å². The van der Waals surface area contributed by atoms with Crippen molar-refractivity contribution < 1.29 is 0 Å². The zero-order valence-electron chi connectivity index (χ0n) is 17.2. The highest BCUT2D eigenvalue weighted by Crippen LogP contribution is 2.52. The third kappa shape index (κ3) is 5.89. The Kier molecular flexibility index (Phi) is 11.5. The van der Waals surface area contributed by atoms with Gasteiger partial charge in [-0.15, -0.1) is 0 Å². The van der Waals surface area contributed by atoms with Gasteiger partial charge < -0.3 is 0 Å². The highest BCUT2D eigenvalue weighted by Gasteiger charge is 2.45. The van der Waals surface area contributed by atoms with Crippen molar-refractivity contribution in [1.82, 2.24) is 0 Å². The molecule has 0 N–H and O–H groups in total. The lowest BCUT2D eigenvalue weighted by atomic mass is 9.54. The first-order valence-corrected chi connectivity index (χ1v) is 10.3. The summed E-state index contributed by atoms with van der Waals surface area (Å²) in [6, 6.07) is 0. The summed E-state index contributed by atoms with van der Waals surface area (Å²) in [6.07, 6.45) is 12.8. The van der Waals surface area contributed by atoms with E-state index >= 15 is 0 Å². The number of unbranched alkanes of at least 4 members (excludes halogenated alkanes) is 5. The molecule has 0 aromatic heterocycles. The summed E-state index contributed by atoms with van der Waals surface area (Å²) >= 11 is 0. The maximum atomic E-state index is 2.48. The molecule has 0 fully saturated rings. The first-order chi connectivity index (χ1) is 10.3. The van der Waals surface area contributed by atoms with Crippen molar-refractivity contribution in [1.29, 1.82) is 0 Å². The summed E-state index contributed by atoms with van der Waals surface area (Å²) in [5.74, 6) is 3.25. The summed E-state index contributed by atoms with van der Waals surface area (Å²) in [6.45, 7) is 19.5. The zero-order valence-corrected chi connectivity index (χ0v) is 17.2. The highest BCUT2D eigenvalue weighted by atomic mass is 14.5. The molecule has 0 saturated carbocycles. The van der Waals surface area contributed by atoms with Crippen molar-refractivity contribution in [3.05, 3.63) is 0 Å². The minimum atomic E-state index is 0.513. The van der Waals surface area contributed by atoms with Gasteiger partial charge in [0.1, 0.15) is 0 Å². The van der Waals surface area contributed by atoms with E-state index < -0.39 is 0 Å². The van der Waals surface area contributed by atoms with E-state index in [4.69, 9.17) is 0 Å². The molecule has 0 rings (SSSR count). The zero-order chi connectivity index (χ0) is 17.2. The number of hydrogen-bond donors (Lipinski definition) is 0. The van der Waals surface area contributed by atoms with Crippen LogP contribution in [0.15, 0.2) is 0 Å². The van der Waals surface area contributed by atoms with Crippen LogP contribution in [0, 0.1) is 29.1 Å². The predicted molar refractivity (Wildman–Crippen MR) is 103 cm³/mol. The molecule has 0 spiro atoms. The van der Waals surface area contributed by atoms with Gasteiger partial charge in [-0.2, -0.15) is 0 Å². The van der Waals surface area contributed by atoms with Crippen LogP contribution in [0.3, 0.4) is 0 Å². The number of hydrogen-bond acceptors (Lipinski definition) is 0. The molecule has 0 radical (unpaired) electrons. The standard InChI is InChI=1S/C22H46/c1-9-11-12-13-14-15-17-21(16-10-2)22(18(3)4,19(5)6)20(7)8/h18-21H,9-17H2,1-8H3. The third-order valence-electron chi connectivity index (χ3n) is 6.25. The van der Waals surface area contributed by atoms with Crippen molar-refractivity contribution in [2.75, 3.05) is 0 Å². The van der Waals surface area contributed by atoms with Gasteiger partial charge in [-0.05, 0) is 35.5 Å². The highest BCUT2D eigenvalue weighted by molar-refractivity contribution is 4.93. The van der Waals surface area contributed by atoms with Crippen LogP contribution in [0.25, 0.3) is 0 Å². The summed E-state index contributed by atoms with van der Waals surface area (Å²) < 4.78 is 0. The number of rotatable bonds is 13. The molecule has 0 bridgehead atoms. The molecule has 0 saturated heterocycles. The van der Waals surface area contributed by atoms with Gasteiger partial charge in [0.25, 0.3) is 0 Å². The largest absolute Gasteiger partial charge is 0.0654 e. The van der Waals surface area contributed by atoms with E-state index in [1.54, 1.807) is 0 Å². The molecule has 0 amide bonds. The van der Waals surface area contributed by atoms with Crippen LogP contribution < -0.4 is 0 Å². The first-order valence-electron chi connectivity index (χ1n) is 10.3. The molecule has 0 heteroatoms. The van der Waals surface area contributed by atoms with Crippen molar-refractivity contribution in [3.8, 4) is 0 Å². The third-order valence-corrected chi connectivity index (χ3v) is 6.25. The minimum Gasteiger partial charge on any atom is -0.0654 e. The molecule has 1 unspecified atom stereocenters. The predicted octanol–water partition coefficient (Wildman–Crippen LogP) is 8.11. The quantitative estimate of drug-likeness (QED) is 0.301. The van der Waals surface area contributed by atoms with E-state index in [-0.39, 0.29) is 0 Å². The molecule has 0 aliphatic rings. The summed E-state index contributed by atoms with van der Waals surface area (Å²) in [7, 11) is 0. The minimum absolute atomic E-state index is 0.513. The van der Waals surface area contributed by atoms with Crippen LogP contribution >= 0.6 is 0 Å². The SMILES string of the molecule is CCCCCCCCC(CCC)C(C(C)C)(C(C)C)C(C)C. The van der Waals surface area contributed by atoms with Gasteiger partial charge in [-0.25, -0.2) is 0 Å². The summed E-state index contributed by atoms with van der Waals surface area (Å²) in [5.41, 5.74) is 0.513. The smallest absolute Gasteiger partial charge is 0.0200 e. The fourth-order valence-electron chi connectivity index (χ4n) is 5.58. The molecule has 0 aromatic rings. The van der Waals surface area contributed by atoms with Crippen LogP contribution in [-0.4, -0.2) is 0 Å². The van der Waals surface area contributed by atoms with Gasteiger partial charge in [0.15, 0.2) is 0 Å². The Morgan fingerprint density at radius 2 is 1.00 bits per heavy atom. The summed E-state index contributed by atoms with van der Waals surface area (Å²) in [4.78, 5) is 0. The van der Waals surface area contributed by atoms with E-state index in [2.05, 4.69) is 55.4 Å². The molecule has 134 valence electrons. The average molecular weight is 311 g/mol. The second-order valence-corrected chi connectivity index (χ2v) is 8.51. The van der Waals surface area contributed by atoms with Crippen LogP contribution in [0.5, 0.6) is 0 Å². The molecule has 0 aromatic carbocycles. The Labute approximate surface area is 142 Å². The molecular formula is C22H46. The van der Waals surface area contributed by atoms with Crippen molar-refractivity contribution in [2.45, 2.75) is 113 Å². The fraction of sp³-hybridized carbons (Fsp3) is 1.00. The molecule has 0 heterocycles. The van der Waals surface area contributed by atoms with Gasteiger partial charge in [0.2, 0.25) is 0 Å². The maximum Gasteiger partial charge on any atom is -0.0200 e. The molecule has 22 heavy (non-hydrogen) atoms. The van der Waals surface area contributed by atoms with E-state index in [0.29, 0.717) is 5.41 Å². The van der Waals surface area contributed by atoms with Gasteiger partial charge in [0.05, 0.1) is 0 Å². The molecule has 0 aliphatic heterocycles. The van der Waals surface area contributed by atoms with Crippen LogP contribution in [0.4, 0.5) is 0 Å². The topological polar surface area (TPSA) is 0 Å². The fourth-order valence-corrected chi connectivity index (χ4v) is 5.58. The van der Waals surface area contributed by atoms with E-state index in [1.807, 2.05) is 0 Å². The Hall–Kier alpha value is 0. The van der Waals surface area contributed by atoms with Gasteiger partial charge in [0, 0.05) is 0 Å². The second kappa shape index (κ2) is 11.5. The van der Waals surface area contributed by atoms with Gasteiger partial charge >= 0.3 is 0 Å². The van der Waals surface area contributed by atoms with Gasteiger partial charge in [-0.1, -0.05) is 107 Å². The average Bonchev–Trinajstić information content (AvgIpc) is 2.41. The Bertz CT molecular complexity index is 227. The second-order valence-electron chi connectivity index (χ2n) is 8.51. The van der Waals surface area contributed by atoms with E-state index in [0.717, 1.165) is 23.7 Å². The van der Waals surface area contributed by atoms with E-state index in [9.17, 15) is 0 Å². The molecular weight excluding hydrogens is 264 g/mol. The monoisotopic (exact) mass is 310 g/mol. The Balaban J connectivity index is 4.84. The lowest BCUT2D eigenvalue weighted by Gasteiger charge is -2.51. The Morgan fingerprint density at radius 1 is 0.545 bits per heavy atom. The van der Waals surface area contributed by atoms with Crippen LogP contribution in [-0.2, 0) is 0 Å². The normalized spacial score (nSPS) is 14.3.